The van der Waals surface area contributed by atoms with Gasteiger partial charge in [-0.25, -0.2) is 0 Å². The predicted octanol–water partition coefficient (Wildman–Crippen LogP) is 2.80. The minimum Gasteiger partial charge on any atom is -0.337 e. The van der Waals surface area contributed by atoms with Crippen LogP contribution in [0.3, 0.4) is 0 Å². The zero-order chi connectivity index (χ0) is 16.4. The summed E-state index contributed by atoms with van der Waals surface area (Å²) in [6.45, 7) is 3.92. The number of carbonyl (C=O) groups is 1. The summed E-state index contributed by atoms with van der Waals surface area (Å²) in [5.74, 6) is 0.720. The highest BCUT2D eigenvalue weighted by atomic mass is 16.2. The lowest BCUT2D eigenvalue weighted by Gasteiger charge is -2.23. The molecule has 5 heteroatoms. The van der Waals surface area contributed by atoms with E-state index in [9.17, 15) is 4.79 Å². The van der Waals surface area contributed by atoms with Gasteiger partial charge in [0.15, 0.2) is 0 Å². The SMILES string of the molecule is CCC1CN(C(=O)c2cnn(C3CCCCC3)c2)CC1N(C)C. The summed E-state index contributed by atoms with van der Waals surface area (Å²) in [5, 5.41) is 4.48. The van der Waals surface area contributed by atoms with Crippen LogP contribution in [0.15, 0.2) is 12.4 Å². The third kappa shape index (κ3) is 3.44. The first-order valence-electron chi connectivity index (χ1n) is 9.10. The number of likely N-dealkylation sites (N-methyl/N-ethyl adjacent to an activating group) is 1. The largest absolute Gasteiger partial charge is 0.337 e. The summed E-state index contributed by atoms with van der Waals surface area (Å²) in [7, 11) is 4.23. The van der Waals surface area contributed by atoms with Crippen molar-refractivity contribution in [1.82, 2.24) is 19.6 Å². The van der Waals surface area contributed by atoms with E-state index in [0.29, 0.717) is 18.0 Å². The van der Waals surface area contributed by atoms with Crippen molar-refractivity contribution in [2.75, 3.05) is 27.2 Å². The molecule has 1 aromatic rings. The number of amides is 1. The average Bonchev–Trinajstić information content (AvgIpc) is 3.22. The minimum atomic E-state index is 0.148. The van der Waals surface area contributed by atoms with Crippen LogP contribution in [0.2, 0.25) is 0 Å². The van der Waals surface area contributed by atoms with Crippen LogP contribution in [0.4, 0.5) is 0 Å². The van der Waals surface area contributed by atoms with Gasteiger partial charge in [0.25, 0.3) is 5.91 Å². The normalized spacial score (nSPS) is 26.2. The predicted molar refractivity (Wildman–Crippen MR) is 91.5 cm³/mol. The molecule has 0 N–H and O–H groups in total. The van der Waals surface area contributed by atoms with Crippen LogP contribution < -0.4 is 0 Å². The van der Waals surface area contributed by atoms with Gasteiger partial charge >= 0.3 is 0 Å². The fourth-order valence-corrected chi connectivity index (χ4v) is 4.18. The molecular formula is C18H30N4O. The highest BCUT2D eigenvalue weighted by Crippen LogP contribution is 2.28. The van der Waals surface area contributed by atoms with Crippen molar-refractivity contribution < 1.29 is 4.79 Å². The van der Waals surface area contributed by atoms with Crippen LogP contribution in [0.5, 0.6) is 0 Å². The van der Waals surface area contributed by atoms with E-state index >= 15 is 0 Å². The van der Waals surface area contributed by atoms with Crippen LogP contribution in [0, 0.1) is 5.92 Å². The Hall–Kier alpha value is -1.36. The maximum Gasteiger partial charge on any atom is 0.257 e. The zero-order valence-electron chi connectivity index (χ0n) is 14.7. The summed E-state index contributed by atoms with van der Waals surface area (Å²) in [4.78, 5) is 17.1. The molecule has 2 atom stereocenters. The number of aromatic nitrogens is 2. The summed E-state index contributed by atoms with van der Waals surface area (Å²) in [6.07, 6.45) is 11.1. The van der Waals surface area contributed by atoms with E-state index < -0.39 is 0 Å². The van der Waals surface area contributed by atoms with Crippen LogP contribution in [0.1, 0.15) is 61.8 Å². The number of likely N-dealkylation sites (tertiary alicyclic amines) is 1. The van der Waals surface area contributed by atoms with Crippen molar-refractivity contribution in [3.63, 3.8) is 0 Å². The summed E-state index contributed by atoms with van der Waals surface area (Å²) >= 11 is 0. The standard InChI is InChI=1S/C18H30N4O/c1-4-14-11-21(13-17(14)20(2)3)18(23)15-10-19-22(12-15)16-8-6-5-7-9-16/h10,12,14,16-17H,4-9,11,13H2,1-3H3. The smallest absolute Gasteiger partial charge is 0.257 e. The van der Waals surface area contributed by atoms with Gasteiger partial charge in [0.05, 0.1) is 17.8 Å². The first-order chi connectivity index (χ1) is 11.1. The lowest BCUT2D eigenvalue weighted by atomic mass is 9.96. The maximum absolute atomic E-state index is 12.8. The number of hydrogen-bond acceptors (Lipinski definition) is 3. The van der Waals surface area contributed by atoms with Crippen LogP contribution in [0.25, 0.3) is 0 Å². The van der Waals surface area contributed by atoms with Gasteiger partial charge in [-0.15, -0.1) is 0 Å². The summed E-state index contributed by atoms with van der Waals surface area (Å²) < 4.78 is 2.03. The van der Waals surface area contributed by atoms with Gasteiger partial charge in [-0.1, -0.05) is 32.6 Å². The van der Waals surface area contributed by atoms with E-state index in [4.69, 9.17) is 0 Å². The molecule has 2 aliphatic rings. The number of hydrogen-bond donors (Lipinski definition) is 0. The third-order valence-electron chi connectivity index (χ3n) is 5.68. The molecule has 128 valence electrons. The van der Waals surface area contributed by atoms with Gasteiger partial charge in [0, 0.05) is 25.3 Å². The van der Waals surface area contributed by atoms with Crippen molar-refractivity contribution in [2.45, 2.75) is 57.5 Å². The fraction of sp³-hybridized carbons (Fsp3) is 0.778. The molecule has 3 rings (SSSR count). The molecule has 1 aliphatic heterocycles. The monoisotopic (exact) mass is 318 g/mol. The molecule has 1 saturated heterocycles. The first kappa shape index (κ1) is 16.5. The molecule has 2 unspecified atom stereocenters. The third-order valence-corrected chi connectivity index (χ3v) is 5.68. The molecule has 5 nitrogen and oxygen atoms in total. The number of nitrogens with zero attached hydrogens (tertiary/aromatic N) is 4. The highest BCUT2D eigenvalue weighted by molar-refractivity contribution is 5.94. The molecule has 23 heavy (non-hydrogen) atoms. The average molecular weight is 318 g/mol. The lowest BCUT2D eigenvalue weighted by Crippen LogP contribution is -2.36. The zero-order valence-corrected chi connectivity index (χ0v) is 14.7. The van der Waals surface area contributed by atoms with Crippen LogP contribution >= 0.6 is 0 Å². The van der Waals surface area contributed by atoms with Gasteiger partial charge < -0.3 is 9.80 Å². The Kier molecular flexibility index (Phi) is 5.05. The maximum atomic E-state index is 12.8. The van der Waals surface area contributed by atoms with E-state index in [-0.39, 0.29) is 5.91 Å². The Morgan fingerprint density at radius 1 is 1.26 bits per heavy atom. The van der Waals surface area contributed by atoms with Gasteiger partial charge in [0.1, 0.15) is 0 Å². The summed E-state index contributed by atoms with van der Waals surface area (Å²) in [6, 6.07) is 0.958. The number of rotatable bonds is 4. The van der Waals surface area contributed by atoms with Gasteiger partial charge in [-0.3, -0.25) is 9.48 Å². The fourth-order valence-electron chi connectivity index (χ4n) is 4.18. The van der Waals surface area contributed by atoms with Crippen molar-refractivity contribution in [3.8, 4) is 0 Å². The van der Waals surface area contributed by atoms with Gasteiger partial charge in [0.2, 0.25) is 0 Å². The molecule has 1 aliphatic carbocycles. The minimum absolute atomic E-state index is 0.148. The second-order valence-electron chi connectivity index (χ2n) is 7.41. The van der Waals surface area contributed by atoms with E-state index in [1.165, 1.54) is 32.1 Å². The van der Waals surface area contributed by atoms with Crippen LogP contribution in [-0.2, 0) is 0 Å². The van der Waals surface area contributed by atoms with Crippen molar-refractivity contribution in [1.29, 1.82) is 0 Å². The molecule has 1 saturated carbocycles. The van der Waals surface area contributed by atoms with E-state index in [1.54, 1.807) is 6.20 Å². The van der Waals surface area contributed by atoms with Crippen LogP contribution in [-0.4, -0.2) is 58.7 Å². The Morgan fingerprint density at radius 2 is 2.00 bits per heavy atom. The molecular weight excluding hydrogens is 288 g/mol. The van der Waals surface area contributed by atoms with Crippen molar-refractivity contribution in [3.05, 3.63) is 18.0 Å². The highest BCUT2D eigenvalue weighted by Gasteiger charge is 2.36. The molecule has 2 fully saturated rings. The first-order valence-corrected chi connectivity index (χ1v) is 9.10. The Bertz CT molecular complexity index is 533. The molecule has 0 aromatic carbocycles. The van der Waals surface area contributed by atoms with Crippen molar-refractivity contribution >= 4 is 5.91 Å². The quantitative estimate of drug-likeness (QED) is 0.857. The van der Waals surface area contributed by atoms with Crippen molar-refractivity contribution in [2.24, 2.45) is 5.92 Å². The Balaban J connectivity index is 1.67. The topological polar surface area (TPSA) is 41.4 Å². The Labute approximate surface area is 139 Å². The summed E-state index contributed by atoms with van der Waals surface area (Å²) in [5.41, 5.74) is 0.754. The number of carbonyl (C=O) groups excluding carboxylic acids is 1. The lowest BCUT2D eigenvalue weighted by molar-refractivity contribution is 0.0781. The van der Waals surface area contributed by atoms with E-state index in [2.05, 4.69) is 31.0 Å². The van der Waals surface area contributed by atoms with E-state index in [1.807, 2.05) is 15.8 Å². The molecule has 1 amide bonds. The molecule has 1 aromatic heterocycles. The molecule has 0 spiro atoms. The second-order valence-corrected chi connectivity index (χ2v) is 7.41. The van der Waals surface area contributed by atoms with E-state index in [0.717, 1.165) is 25.1 Å². The second kappa shape index (κ2) is 7.04. The molecule has 2 heterocycles. The molecule has 0 radical (unpaired) electrons. The van der Waals surface area contributed by atoms with Gasteiger partial charge in [-0.2, -0.15) is 5.10 Å². The van der Waals surface area contributed by atoms with Gasteiger partial charge in [-0.05, 0) is 32.9 Å². The molecule has 0 bridgehead atoms. The Morgan fingerprint density at radius 3 is 2.61 bits per heavy atom.